The molecule has 0 spiro atoms. The maximum absolute atomic E-state index is 13.0. The van der Waals surface area contributed by atoms with Crippen LogP contribution >= 0.6 is 0 Å². The van der Waals surface area contributed by atoms with E-state index in [0.29, 0.717) is 21.9 Å². The molecule has 8 amide bonds. The summed E-state index contributed by atoms with van der Waals surface area (Å²) < 4.78 is 24.0. The van der Waals surface area contributed by atoms with Gasteiger partial charge in [0, 0.05) is 19.6 Å². The van der Waals surface area contributed by atoms with Crippen LogP contribution in [0, 0.1) is 0 Å². The summed E-state index contributed by atoms with van der Waals surface area (Å²) in [5.74, 6) is -3.50. The van der Waals surface area contributed by atoms with Crippen LogP contribution < -0.4 is 15.4 Å². The molecule has 2 aliphatic heterocycles. The van der Waals surface area contributed by atoms with Crippen molar-refractivity contribution in [1.29, 1.82) is 0 Å². The van der Waals surface area contributed by atoms with Crippen molar-refractivity contribution in [3.8, 4) is 0 Å². The van der Waals surface area contributed by atoms with Crippen molar-refractivity contribution < 1.29 is 37.2 Å². The van der Waals surface area contributed by atoms with Gasteiger partial charge in [-0.2, -0.15) is 0 Å². The molecule has 0 aromatic heterocycles. The first-order chi connectivity index (χ1) is 16.4. The summed E-state index contributed by atoms with van der Waals surface area (Å²) in [6.45, 7) is 1.82. The summed E-state index contributed by atoms with van der Waals surface area (Å²) >= 11 is 0. The van der Waals surface area contributed by atoms with E-state index in [0.717, 1.165) is 6.26 Å². The molecule has 3 N–H and O–H groups in total. The number of imide groups is 2. The topological polar surface area (TPSA) is 182 Å². The number of likely N-dealkylation sites (tertiary alicyclic amines) is 1. The smallest absolute Gasteiger partial charge is 0.337 e. The van der Waals surface area contributed by atoms with Crippen molar-refractivity contribution in [3.05, 3.63) is 35.9 Å². The van der Waals surface area contributed by atoms with Crippen molar-refractivity contribution in [2.75, 3.05) is 32.4 Å². The van der Waals surface area contributed by atoms with Crippen LogP contribution in [-0.2, 0) is 29.2 Å². The molecule has 2 heterocycles. The number of carbonyl (C=O) groups excluding carboxylic acids is 6. The molecule has 2 atom stereocenters. The summed E-state index contributed by atoms with van der Waals surface area (Å²) in [7, 11) is -3.88. The molecule has 2 fully saturated rings. The molecule has 14 nitrogen and oxygen atoms in total. The Hall–Kier alpha value is -4.01. The largest absolute Gasteiger partial charge is 0.341 e. The lowest BCUT2D eigenvalue weighted by atomic mass is 10.0. The van der Waals surface area contributed by atoms with Gasteiger partial charge in [-0.25, -0.2) is 22.7 Å². The van der Waals surface area contributed by atoms with Gasteiger partial charge in [-0.15, -0.1) is 0 Å². The molecular formula is C20H24N6O8S. The molecular weight excluding hydrogens is 484 g/mol. The number of rotatable bonds is 6. The second kappa shape index (κ2) is 10.1. The van der Waals surface area contributed by atoms with Gasteiger partial charge in [-0.1, -0.05) is 30.3 Å². The average molecular weight is 509 g/mol. The number of benzene rings is 1. The van der Waals surface area contributed by atoms with E-state index in [9.17, 15) is 37.2 Å². The Kier molecular flexibility index (Phi) is 7.38. The molecule has 3 rings (SSSR count). The van der Waals surface area contributed by atoms with Gasteiger partial charge < -0.3 is 15.5 Å². The van der Waals surface area contributed by atoms with Crippen LogP contribution in [0.5, 0.6) is 0 Å². The minimum absolute atomic E-state index is 0.0567. The molecule has 1 aromatic carbocycles. The van der Waals surface area contributed by atoms with E-state index in [1.54, 1.807) is 42.0 Å². The number of nitrogens with zero attached hydrogens (tertiary/aromatic N) is 3. The monoisotopic (exact) mass is 508 g/mol. The highest BCUT2D eigenvalue weighted by Gasteiger charge is 2.44. The van der Waals surface area contributed by atoms with E-state index >= 15 is 0 Å². The van der Waals surface area contributed by atoms with Crippen molar-refractivity contribution in [3.63, 3.8) is 0 Å². The zero-order valence-electron chi connectivity index (χ0n) is 18.9. The quantitative estimate of drug-likeness (QED) is 0.295. The predicted molar refractivity (Wildman–Crippen MR) is 119 cm³/mol. The van der Waals surface area contributed by atoms with Crippen LogP contribution in [0.4, 0.5) is 9.59 Å². The van der Waals surface area contributed by atoms with E-state index in [1.807, 2.05) is 0 Å². The van der Waals surface area contributed by atoms with E-state index in [2.05, 4.69) is 10.6 Å². The van der Waals surface area contributed by atoms with Gasteiger partial charge >= 0.3 is 23.9 Å². The Bertz CT molecular complexity index is 1170. The number of β-lactam (4-membered cyclic amide) rings is 1. The number of urea groups is 2. The van der Waals surface area contributed by atoms with Gasteiger partial charge in [0.1, 0.15) is 12.1 Å². The fourth-order valence-electron chi connectivity index (χ4n) is 3.50. The molecule has 2 saturated heterocycles. The third-order valence-electron chi connectivity index (χ3n) is 5.36. The lowest BCUT2D eigenvalue weighted by Crippen LogP contribution is -2.68. The average Bonchev–Trinajstić information content (AvgIpc) is 2.80. The molecule has 188 valence electrons. The lowest BCUT2D eigenvalue weighted by molar-refractivity contribution is -0.153. The van der Waals surface area contributed by atoms with Crippen molar-refractivity contribution in [2.24, 2.45) is 0 Å². The highest BCUT2D eigenvalue weighted by Crippen LogP contribution is 2.17. The Morgan fingerprint density at radius 2 is 1.66 bits per heavy atom. The number of piperazine rings is 1. The van der Waals surface area contributed by atoms with E-state index in [1.165, 1.54) is 4.90 Å². The minimum atomic E-state index is -3.88. The van der Waals surface area contributed by atoms with Gasteiger partial charge in [0.25, 0.3) is 5.91 Å². The fourth-order valence-corrected chi connectivity index (χ4v) is 3.93. The van der Waals surface area contributed by atoms with Gasteiger partial charge in [-0.05, 0) is 12.5 Å². The van der Waals surface area contributed by atoms with Crippen LogP contribution in [0.3, 0.4) is 0 Å². The summed E-state index contributed by atoms with van der Waals surface area (Å²) in [6, 6.07) is 3.42. The van der Waals surface area contributed by atoms with Gasteiger partial charge in [0.05, 0.1) is 12.8 Å². The number of amides is 8. The van der Waals surface area contributed by atoms with Crippen LogP contribution in [0.25, 0.3) is 0 Å². The van der Waals surface area contributed by atoms with Gasteiger partial charge in [0.15, 0.2) is 0 Å². The number of hydrogen-bond donors (Lipinski definition) is 3. The van der Waals surface area contributed by atoms with Gasteiger partial charge in [0.2, 0.25) is 15.9 Å². The first kappa shape index (κ1) is 25.6. The number of likely N-dealkylation sites (N-methyl/N-ethyl adjacent to an activating group) is 1. The number of sulfonamides is 1. The van der Waals surface area contributed by atoms with Crippen molar-refractivity contribution in [1.82, 2.24) is 30.1 Å². The van der Waals surface area contributed by atoms with E-state index in [-0.39, 0.29) is 19.6 Å². The molecule has 0 saturated carbocycles. The predicted octanol–water partition coefficient (Wildman–Crippen LogP) is -1.88. The van der Waals surface area contributed by atoms with Gasteiger partial charge in [-0.3, -0.25) is 29.0 Å². The summed E-state index contributed by atoms with van der Waals surface area (Å²) in [5.41, 5.74) is 0.336. The maximum Gasteiger partial charge on any atom is 0.337 e. The van der Waals surface area contributed by atoms with Crippen LogP contribution in [0.1, 0.15) is 18.5 Å². The standard InChI is InChI=1S/C20H24N6O8S/c1-3-24-9-10-25(18(30)17(24)29)19(31)22-14(12-7-5-4-6-8-12)15(27)21-13-11-26(16(13)28)20(32)23-35(2,33)34/h4-8,13-14H,3,9-11H2,1-2H3,(H,21,27)(H,22,31)(H,23,32)/t13-,14?/m0/s1. The third-order valence-corrected chi connectivity index (χ3v) is 5.91. The van der Waals surface area contributed by atoms with E-state index < -0.39 is 57.8 Å². The zero-order valence-corrected chi connectivity index (χ0v) is 19.7. The fraction of sp³-hybridized carbons (Fsp3) is 0.400. The molecule has 1 aromatic rings. The van der Waals surface area contributed by atoms with Crippen LogP contribution in [0.15, 0.2) is 30.3 Å². The lowest BCUT2D eigenvalue weighted by Gasteiger charge is -2.37. The van der Waals surface area contributed by atoms with Crippen LogP contribution in [0.2, 0.25) is 0 Å². The number of carbonyl (C=O) groups is 6. The molecule has 35 heavy (non-hydrogen) atoms. The summed E-state index contributed by atoms with van der Waals surface area (Å²) in [5, 5.41) is 4.82. The van der Waals surface area contributed by atoms with Crippen molar-refractivity contribution >= 4 is 45.7 Å². The highest BCUT2D eigenvalue weighted by molar-refractivity contribution is 7.89. The maximum atomic E-state index is 13.0. The Labute approximate surface area is 200 Å². The number of hydrogen-bond acceptors (Lipinski definition) is 8. The normalized spacial score (nSPS) is 19.1. The second-order valence-corrected chi connectivity index (χ2v) is 9.57. The Morgan fingerprint density at radius 3 is 2.23 bits per heavy atom. The molecule has 2 aliphatic rings. The summed E-state index contributed by atoms with van der Waals surface area (Å²) in [6.07, 6.45) is 0.752. The SMILES string of the molecule is CCN1CCN(C(=O)NC(C(=O)N[C@H]2CN(C(=O)NS(C)(=O)=O)C2=O)c2ccccc2)C(=O)C1=O. The van der Waals surface area contributed by atoms with Crippen molar-refractivity contribution in [2.45, 2.75) is 19.0 Å². The third kappa shape index (κ3) is 5.74. The van der Waals surface area contributed by atoms with Crippen LogP contribution in [-0.4, -0.2) is 97.3 Å². The second-order valence-electron chi connectivity index (χ2n) is 7.82. The first-order valence-corrected chi connectivity index (χ1v) is 12.4. The summed E-state index contributed by atoms with van der Waals surface area (Å²) in [4.78, 5) is 77.0. The molecule has 0 bridgehead atoms. The molecule has 0 aliphatic carbocycles. The minimum Gasteiger partial charge on any atom is -0.341 e. The zero-order chi connectivity index (χ0) is 25.9. The van der Waals surface area contributed by atoms with E-state index in [4.69, 9.17) is 0 Å². The Balaban J connectivity index is 1.70. The molecule has 15 heteroatoms. The number of nitrogens with one attached hydrogen (secondary N) is 3. The molecule has 1 unspecified atom stereocenters. The Morgan fingerprint density at radius 1 is 1.00 bits per heavy atom. The molecule has 0 radical (unpaired) electrons. The highest BCUT2D eigenvalue weighted by atomic mass is 32.2. The first-order valence-electron chi connectivity index (χ1n) is 10.5.